The zero-order valence-corrected chi connectivity index (χ0v) is 12.5. The number of halogens is 1. The smallest absolute Gasteiger partial charge is 0.266 e. The van der Waals surface area contributed by atoms with Gasteiger partial charge in [0.15, 0.2) is 0 Å². The summed E-state index contributed by atoms with van der Waals surface area (Å²) in [5.74, 6) is 1.12. The molecule has 4 N–H and O–H groups in total. The molecule has 6 heteroatoms. The molecular weight excluding hydrogens is 331 g/mol. The van der Waals surface area contributed by atoms with E-state index in [4.69, 9.17) is 5.73 Å². The van der Waals surface area contributed by atoms with Crippen LogP contribution < -0.4 is 16.6 Å². The van der Waals surface area contributed by atoms with E-state index < -0.39 is 0 Å². The second-order valence-electron chi connectivity index (χ2n) is 4.88. The Hall–Kier alpha value is -0.630. The number of aromatic amines is 1. The normalized spacial score (nSPS) is 14.7. The number of nitrogens with one attached hydrogen (secondary N) is 2. The first-order valence-electron chi connectivity index (χ1n) is 5.59. The van der Waals surface area contributed by atoms with Gasteiger partial charge in [-0.05, 0) is 41.9 Å². The molecule has 1 rings (SSSR count). The SMILES string of the molecule is CC(C)CC(C)(CN)Nc1nc[nH]c(=O)c1I. The van der Waals surface area contributed by atoms with Gasteiger partial charge in [-0.3, -0.25) is 4.79 Å². The van der Waals surface area contributed by atoms with E-state index in [0.717, 1.165) is 6.42 Å². The van der Waals surface area contributed by atoms with Gasteiger partial charge in [0.1, 0.15) is 9.39 Å². The standard InChI is InChI=1S/C11H19IN4O/c1-7(2)4-11(3,5-13)16-9-8(12)10(17)15-6-14-9/h6-7H,4-5,13H2,1-3H3,(H2,14,15,16,17). The highest BCUT2D eigenvalue weighted by atomic mass is 127. The Morgan fingerprint density at radius 3 is 2.82 bits per heavy atom. The Bertz CT molecular complexity index is 432. The average molecular weight is 350 g/mol. The number of H-pyrrole nitrogens is 1. The molecule has 0 spiro atoms. The summed E-state index contributed by atoms with van der Waals surface area (Å²) in [6.45, 7) is 6.83. The van der Waals surface area contributed by atoms with Crippen molar-refractivity contribution in [1.82, 2.24) is 9.97 Å². The van der Waals surface area contributed by atoms with Crippen molar-refractivity contribution >= 4 is 28.4 Å². The third-order valence-electron chi connectivity index (χ3n) is 2.53. The summed E-state index contributed by atoms with van der Waals surface area (Å²) in [6.07, 6.45) is 2.33. The van der Waals surface area contributed by atoms with Gasteiger partial charge in [-0.15, -0.1) is 0 Å². The van der Waals surface area contributed by atoms with Gasteiger partial charge in [0.25, 0.3) is 5.56 Å². The summed E-state index contributed by atoms with van der Waals surface area (Å²) in [5.41, 5.74) is 5.44. The van der Waals surface area contributed by atoms with Crippen molar-refractivity contribution in [1.29, 1.82) is 0 Å². The van der Waals surface area contributed by atoms with Gasteiger partial charge in [-0.2, -0.15) is 0 Å². The molecule has 0 saturated heterocycles. The lowest BCUT2D eigenvalue weighted by Gasteiger charge is -2.31. The van der Waals surface area contributed by atoms with Gasteiger partial charge in [-0.1, -0.05) is 13.8 Å². The fraction of sp³-hybridized carbons (Fsp3) is 0.636. The molecule has 0 aliphatic heterocycles. The highest BCUT2D eigenvalue weighted by Crippen LogP contribution is 2.21. The van der Waals surface area contributed by atoms with Crippen LogP contribution in [-0.2, 0) is 0 Å². The Labute approximate surface area is 115 Å². The van der Waals surface area contributed by atoms with Crippen molar-refractivity contribution in [2.24, 2.45) is 11.7 Å². The Morgan fingerprint density at radius 2 is 2.29 bits per heavy atom. The monoisotopic (exact) mass is 350 g/mol. The fourth-order valence-corrected chi connectivity index (χ4v) is 2.27. The average Bonchev–Trinajstić information content (AvgIpc) is 2.24. The van der Waals surface area contributed by atoms with Gasteiger partial charge in [0.2, 0.25) is 0 Å². The van der Waals surface area contributed by atoms with Crippen LogP contribution in [0, 0.1) is 9.49 Å². The second kappa shape index (κ2) is 5.81. The van der Waals surface area contributed by atoms with Crippen molar-refractivity contribution in [3.63, 3.8) is 0 Å². The number of hydrogen-bond donors (Lipinski definition) is 3. The quantitative estimate of drug-likeness (QED) is 0.704. The lowest BCUT2D eigenvalue weighted by atomic mass is 9.91. The number of hydrogen-bond acceptors (Lipinski definition) is 4. The summed E-state index contributed by atoms with van der Waals surface area (Å²) in [7, 11) is 0. The molecular formula is C11H19IN4O. The third kappa shape index (κ3) is 3.95. The van der Waals surface area contributed by atoms with Crippen LogP contribution in [0.15, 0.2) is 11.1 Å². The zero-order valence-electron chi connectivity index (χ0n) is 10.4. The molecule has 1 unspecified atom stereocenters. The molecule has 0 saturated carbocycles. The first-order valence-corrected chi connectivity index (χ1v) is 6.67. The molecule has 0 fully saturated rings. The predicted octanol–water partition coefficient (Wildman–Crippen LogP) is 1.55. The van der Waals surface area contributed by atoms with Crippen molar-refractivity contribution in [3.05, 3.63) is 20.3 Å². The second-order valence-corrected chi connectivity index (χ2v) is 5.96. The minimum Gasteiger partial charge on any atom is -0.363 e. The number of anilines is 1. The van der Waals surface area contributed by atoms with Gasteiger partial charge < -0.3 is 16.0 Å². The van der Waals surface area contributed by atoms with Crippen LogP contribution in [0.5, 0.6) is 0 Å². The molecule has 0 aliphatic carbocycles. The summed E-state index contributed by atoms with van der Waals surface area (Å²) >= 11 is 1.99. The Morgan fingerprint density at radius 1 is 1.65 bits per heavy atom. The third-order valence-corrected chi connectivity index (χ3v) is 3.53. The van der Waals surface area contributed by atoms with Crippen LogP contribution >= 0.6 is 22.6 Å². The van der Waals surface area contributed by atoms with Crippen LogP contribution in [0.2, 0.25) is 0 Å². The van der Waals surface area contributed by atoms with E-state index in [2.05, 4.69) is 29.1 Å². The zero-order chi connectivity index (χ0) is 13.1. The van der Waals surface area contributed by atoms with E-state index in [1.54, 1.807) is 0 Å². The van der Waals surface area contributed by atoms with Gasteiger partial charge in [0.05, 0.1) is 6.33 Å². The number of nitrogens with zero attached hydrogens (tertiary/aromatic N) is 1. The molecule has 0 radical (unpaired) electrons. The number of nitrogens with two attached hydrogens (primary N) is 1. The van der Waals surface area contributed by atoms with Crippen molar-refractivity contribution < 1.29 is 0 Å². The highest BCUT2D eigenvalue weighted by Gasteiger charge is 2.25. The van der Waals surface area contributed by atoms with Crippen LogP contribution in [0.25, 0.3) is 0 Å². The predicted molar refractivity (Wildman–Crippen MR) is 78.1 cm³/mol. The topological polar surface area (TPSA) is 83.8 Å². The molecule has 17 heavy (non-hydrogen) atoms. The fourth-order valence-electron chi connectivity index (χ4n) is 1.84. The molecule has 5 nitrogen and oxygen atoms in total. The maximum atomic E-state index is 11.5. The first kappa shape index (κ1) is 14.4. The number of aromatic nitrogens is 2. The first-order chi connectivity index (χ1) is 7.88. The highest BCUT2D eigenvalue weighted by molar-refractivity contribution is 14.1. The molecule has 0 bridgehead atoms. The van der Waals surface area contributed by atoms with Gasteiger partial charge in [-0.25, -0.2) is 4.98 Å². The summed E-state index contributed by atoms with van der Waals surface area (Å²) in [4.78, 5) is 18.2. The summed E-state index contributed by atoms with van der Waals surface area (Å²) in [5, 5.41) is 3.28. The van der Waals surface area contributed by atoms with Crippen LogP contribution in [0.3, 0.4) is 0 Å². The molecule has 96 valence electrons. The minimum absolute atomic E-state index is 0.132. The molecule has 1 atom stereocenters. The van der Waals surface area contributed by atoms with E-state index in [1.165, 1.54) is 6.33 Å². The van der Waals surface area contributed by atoms with Crippen molar-refractivity contribution in [2.45, 2.75) is 32.7 Å². The minimum atomic E-state index is -0.241. The van der Waals surface area contributed by atoms with E-state index in [9.17, 15) is 4.79 Å². The van der Waals surface area contributed by atoms with Crippen molar-refractivity contribution in [3.8, 4) is 0 Å². The maximum Gasteiger partial charge on any atom is 0.266 e. The molecule has 0 aliphatic rings. The molecule has 0 amide bonds. The summed E-state index contributed by atoms with van der Waals surface area (Å²) in [6, 6.07) is 0. The molecule has 0 aromatic carbocycles. The lowest BCUT2D eigenvalue weighted by Crippen LogP contribution is -2.44. The van der Waals surface area contributed by atoms with E-state index in [0.29, 0.717) is 21.9 Å². The summed E-state index contributed by atoms with van der Waals surface area (Å²) < 4.78 is 0.563. The van der Waals surface area contributed by atoms with E-state index >= 15 is 0 Å². The van der Waals surface area contributed by atoms with Crippen LogP contribution in [0.1, 0.15) is 27.2 Å². The van der Waals surface area contributed by atoms with Gasteiger partial charge in [0, 0.05) is 12.1 Å². The van der Waals surface area contributed by atoms with E-state index in [-0.39, 0.29) is 11.1 Å². The number of rotatable bonds is 5. The van der Waals surface area contributed by atoms with Gasteiger partial charge >= 0.3 is 0 Å². The van der Waals surface area contributed by atoms with Crippen LogP contribution in [-0.4, -0.2) is 22.1 Å². The Kier molecular flexibility index (Phi) is 4.93. The Balaban J connectivity index is 2.95. The largest absolute Gasteiger partial charge is 0.363 e. The molecule has 1 heterocycles. The maximum absolute atomic E-state index is 11.5. The molecule has 1 aromatic rings. The molecule has 1 aromatic heterocycles. The van der Waals surface area contributed by atoms with Crippen LogP contribution in [0.4, 0.5) is 5.82 Å². The lowest BCUT2D eigenvalue weighted by molar-refractivity contribution is 0.405. The van der Waals surface area contributed by atoms with E-state index in [1.807, 2.05) is 29.5 Å². The van der Waals surface area contributed by atoms with Crippen molar-refractivity contribution in [2.75, 3.05) is 11.9 Å².